The minimum absolute atomic E-state index is 0.217. The van der Waals surface area contributed by atoms with E-state index in [9.17, 15) is 0 Å². The van der Waals surface area contributed by atoms with Gasteiger partial charge in [-0.15, -0.1) is 0 Å². The number of rotatable bonds is 6. The summed E-state index contributed by atoms with van der Waals surface area (Å²) in [6.45, 7) is 11.9. The van der Waals surface area contributed by atoms with E-state index in [1.54, 1.807) is 0 Å². The second-order valence-electron chi connectivity index (χ2n) is 5.51. The van der Waals surface area contributed by atoms with E-state index >= 15 is 0 Å². The highest BCUT2D eigenvalue weighted by atomic mass is 16.5. The fourth-order valence-corrected chi connectivity index (χ4v) is 1.92. The van der Waals surface area contributed by atoms with Crippen LogP contribution in [0.15, 0.2) is 0 Å². The first-order valence-electron chi connectivity index (χ1n) is 6.48. The first-order valence-corrected chi connectivity index (χ1v) is 6.48. The molecule has 1 atom stereocenters. The van der Waals surface area contributed by atoms with Crippen LogP contribution in [0.3, 0.4) is 0 Å². The fraction of sp³-hybridized carbons (Fsp3) is 0.923. The number of hydrogen-bond acceptors (Lipinski definition) is 4. The average Bonchev–Trinajstić information content (AvgIpc) is 2.30. The molecule has 98 valence electrons. The maximum atomic E-state index is 8.92. The van der Waals surface area contributed by atoms with E-state index < -0.39 is 0 Å². The van der Waals surface area contributed by atoms with Crippen LogP contribution in [0.2, 0.25) is 0 Å². The molecule has 0 aromatic rings. The molecule has 0 spiro atoms. The molecule has 1 unspecified atom stereocenters. The number of ether oxygens (including phenoxy) is 1. The van der Waals surface area contributed by atoms with Crippen LogP contribution in [0, 0.1) is 16.7 Å². The van der Waals surface area contributed by atoms with Gasteiger partial charge in [0.1, 0.15) is 0 Å². The largest absolute Gasteiger partial charge is 0.379 e. The summed E-state index contributed by atoms with van der Waals surface area (Å²) in [7, 11) is 0. The molecule has 17 heavy (non-hydrogen) atoms. The van der Waals surface area contributed by atoms with Gasteiger partial charge in [0, 0.05) is 25.7 Å². The van der Waals surface area contributed by atoms with Crippen LogP contribution in [0.5, 0.6) is 0 Å². The Hall–Kier alpha value is -0.630. The second kappa shape index (κ2) is 6.95. The van der Waals surface area contributed by atoms with Crippen LogP contribution in [0.4, 0.5) is 0 Å². The standard InChI is InChI=1S/C13H25N3O/c1-12(10-16-6-8-17-9-7-16)15-5-4-13(2,3)11-14/h12,15H,4-10H2,1-3H3. The van der Waals surface area contributed by atoms with E-state index in [2.05, 4.69) is 23.2 Å². The Morgan fingerprint density at radius 1 is 1.41 bits per heavy atom. The van der Waals surface area contributed by atoms with Crippen molar-refractivity contribution < 1.29 is 4.74 Å². The zero-order chi connectivity index (χ0) is 12.7. The van der Waals surface area contributed by atoms with Gasteiger partial charge < -0.3 is 10.1 Å². The first kappa shape index (κ1) is 14.4. The van der Waals surface area contributed by atoms with Crippen LogP contribution in [-0.2, 0) is 4.74 Å². The summed E-state index contributed by atoms with van der Waals surface area (Å²) >= 11 is 0. The highest BCUT2D eigenvalue weighted by Gasteiger charge is 2.17. The van der Waals surface area contributed by atoms with Gasteiger partial charge in [-0.25, -0.2) is 0 Å². The van der Waals surface area contributed by atoms with Crippen molar-refractivity contribution in [2.24, 2.45) is 5.41 Å². The third-order valence-electron chi connectivity index (χ3n) is 3.18. The Labute approximate surface area is 105 Å². The van der Waals surface area contributed by atoms with Crippen molar-refractivity contribution in [2.45, 2.75) is 33.2 Å². The summed E-state index contributed by atoms with van der Waals surface area (Å²) in [5.74, 6) is 0. The topological polar surface area (TPSA) is 48.3 Å². The van der Waals surface area contributed by atoms with Gasteiger partial charge >= 0.3 is 0 Å². The summed E-state index contributed by atoms with van der Waals surface area (Å²) in [5.41, 5.74) is -0.217. The van der Waals surface area contributed by atoms with E-state index in [0.29, 0.717) is 6.04 Å². The molecule has 1 rings (SSSR count). The molecule has 4 nitrogen and oxygen atoms in total. The molecule has 1 aliphatic rings. The first-order chi connectivity index (χ1) is 8.03. The molecule has 0 amide bonds. The number of hydrogen-bond donors (Lipinski definition) is 1. The molecule has 0 aliphatic carbocycles. The van der Waals surface area contributed by atoms with Crippen molar-refractivity contribution in [3.8, 4) is 6.07 Å². The lowest BCUT2D eigenvalue weighted by Crippen LogP contribution is -2.44. The minimum Gasteiger partial charge on any atom is -0.379 e. The van der Waals surface area contributed by atoms with Crippen LogP contribution >= 0.6 is 0 Å². The summed E-state index contributed by atoms with van der Waals surface area (Å²) in [5, 5.41) is 12.4. The molecule has 0 bridgehead atoms. The predicted octanol–water partition coefficient (Wildman–Crippen LogP) is 1.24. The third kappa shape index (κ3) is 6.02. The van der Waals surface area contributed by atoms with Gasteiger partial charge in [-0.2, -0.15) is 5.26 Å². The Morgan fingerprint density at radius 2 is 2.06 bits per heavy atom. The van der Waals surface area contributed by atoms with Gasteiger partial charge in [0.25, 0.3) is 0 Å². The van der Waals surface area contributed by atoms with Gasteiger partial charge in [0.05, 0.1) is 24.7 Å². The fourth-order valence-electron chi connectivity index (χ4n) is 1.92. The average molecular weight is 239 g/mol. The molecule has 0 aromatic heterocycles. The van der Waals surface area contributed by atoms with Gasteiger partial charge in [0.15, 0.2) is 0 Å². The van der Waals surface area contributed by atoms with E-state index in [0.717, 1.165) is 45.8 Å². The smallest absolute Gasteiger partial charge is 0.0684 e. The molecule has 4 heteroatoms. The summed E-state index contributed by atoms with van der Waals surface area (Å²) in [6, 6.07) is 2.80. The summed E-state index contributed by atoms with van der Waals surface area (Å²) in [6.07, 6.45) is 0.900. The molecule has 0 radical (unpaired) electrons. The second-order valence-corrected chi connectivity index (χ2v) is 5.51. The van der Waals surface area contributed by atoms with Crippen molar-refractivity contribution in [3.63, 3.8) is 0 Å². The zero-order valence-electron chi connectivity index (χ0n) is 11.3. The van der Waals surface area contributed by atoms with E-state index in [1.807, 2.05) is 13.8 Å². The molecule has 1 heterocycles. The molecule has 1 aliphatic heterocycles. The van der Waals surface area contributed by atoms with Gasteiger partial charge in [-0.3, -0.25) is 4.90 Å². The number of nitrogens with zero attached hydrogens (tertiary/aromatic N) is 2. The van der Waals surface area contributed by atoms with Crippen molar-refractivity contribution in [1.82, 2.24) is 10.2 Å². The van der Waals surface area contributed by atoms with E-state index in [4.69, 9.17) is 10.00 Å². The quantitative estimate of drug-likeness (QED) is 0.757. The third-order valence-corrected chi connectivity index (χ3v) is 3.18. The van der Waals surface area contributed by atoms with Crippen LogP contribution in [0.25, 0.3) is 0 Å². The Kier molecular flexibility index (Phi) is 5.90. The van der Waals surface area contributed by atoms with E-state index in [-0.39, 0.29) is 5.41 Å². The Morgan fingerprint density at radius 3 is 2.65 bits per heavy atom. The molecular formula is C13H25N3O. The summed E-state index contributed by atoms with van der Waals surface area (Å²) in [4.78, 5) is 2.43. The van der Waals surface area contributed by atoms with Crippen LogP contribution in [0.1, 0.15) is 27.2 Å². The van der Waals surface area contributed by atoms with Gasteiger partial charge in [-0.1, -0.05) is 0 Å². The van der Waals surface area contributed by atoms with Gasteiger partial charge in [-0.05, 0) is 33.7 Å². The predicted molar refractivity (Wildman–Crippen MR) is 68.7 cm³/mol. The lowest BCUT2D eigenvalue weighted by Gasteiger charge is -2.29. The lowest BCUT2D eigenvalue weighted by molar-refractivity contribution is 0.0343. The zero-order valence-corrected chi connectivity index (χ0v) is 11.3. The maximum Gasteiger partial charge on any atom is 0.0684 e. The van der Waals surface area contributed by atoms with Crippen LogP contribution in [-0.4, -0.2) is 50.3 Å². The molecule has 1 N–H and O–H groups in total. The number of nitriles is 1. The molecular weight excluding hydrogens is 214 g/mol. The Bertz CT molecular complexity index is 254. The maximum absolute atomic E-state index is 8.92. The van der Waals surface area contributed by atoms with Crippen molar-refractivity contribution in [3.05, 3.63) is 0 Å². The normalized spacial score (nSPS) is 19.9. The SMILES string of the molecule is CC(CN1CCOCC1)NCCC(C)(C)C#N. The monoisotopic (exact) mass is 239 g/mol. The van der Waals surface area contributed by atoms with Gasteiger partial charge in [0.2, 0.25) is 0 Å². The van der Waals surface area contributed by atoms with E-state index in [1.165, 1.54) is 0 Å². The molecule has 1 saturated heterocycles. The summed E-state index contributed by atoms with van der Waals surface area (Å²) < 4.78 is 5.32. The van der Waals surface area contributed by atoms with Crippen molar-refractivity contribution in [2.75, 3.05) is 39.4 Å². The number of nitrogens with one attached hydrogen (secondary N) is 1. The van der Waals surface area contributed by atoms with Crippen LogP contribution < -0.4 is 5.32 Å². The van der Waals surface area contributed by atoms with Crippen molar-refractivity contribution >= 4 is 0 Å². The molecule has 0 saturated carbocycles. The highest BCUT2D eigenvalue weighted by Crippen LogP contribution is 2.17. The Balaban J connectivity index is 2.12. The lowest BCUT2D eigenvalue weighted by atomic mass is 9.91. The molecule has 0 aromatic carbocycles. The minimum atomic E-state index is -0.217. The number of morpholine rings is 1. The molecule has 1 fully saturated rings. The van der Waals surface area contributed by atoms with Crippen molar-refractivity contribution in [1.29, 1.82) is 5.26 Å². The highest BCUT2D eigenvalue weighted by molar-refractivity contribution is 4.92.